The van der Waals surface area contributed by atoms with Crippen molar-refractivity contribution in [1.82, 2.24) is 20.1 Å². The molecule has 1 saturated carbocycles. The minimum Gasteiger partial charge on any atom is -0.392 e. The number of carbonyl (C=O) groups is 1. The molecule has 2 aromatic rings. The Kier molecular flexibility index (Phi) is 4.66. The first-order valence-corrected chi connectivity index (χ1v) is 8.47. The number of nitrogens with zero attached hydrogens (tertiary/aromatic N) is 3. The zero-order valence-electron chi connectivity index (χ0n) is 14.4. The molecule has 1 aliphatic carbocycles. The lowest BCUT2D eigenvalue weighted by atomic mass is 10.1. The van der Waals surface area contributed by atoms with Gasteiger partial charge in [0.15, 0.2) is 5.82 Å². The molecule has 0 spiro atoms. The summed E-state index contributed by atoms with van der Waals surface area (Å²) in [4.78, 5) is 18.9. The molecule has 24 heavy (non-hydrogen) atoms. The van der Waals surface area contributed by atoms with E-state index in [4.69, 9.17) is 0 Å². The number of hydrogen-bond acceptors (Lipinski definition) is 4. The third-order valence-electron chi connectivity index (χ3n) is 4.20. The van der Waals surface area contributed by atoms with Crippen LogP contribution in [-0.2, 0) is 0 Å². The molecule has 0 radical (unpaired) electrons. The first-order chi connectivity index (χ1) is 11.5. The maximum atomic E-state index is 12.6. The molecule has 0 saturated heterocycles. The summed E-state index contributed by atoms with van der Waals surface area (Å²) in [6.45, 7) is 5.90. The normalized spacial score (nSPS) is 15.5. The van der Waals surface area contributed by atoms with Gasteiger partial charge in [0, 0.05) is 29.6 Å². The van der Waals surface area contributed by atoms with Crippen molar-refractivity contribution in [2.75, 3.05) is 6.54 Å². The van der Waals surface area contributed by atoms with Crippen molar-refractivity contribution in [1.29, 1.82) is 0 Å². The Labute approximate surface area is 141 Å². The number of amides is 1. The summed E-state index contributed by atoms with van der Waals surface area (Å²) >= 11 is 0. The van der Waals surface area contributed by atoms with Crippen LogP contribution in [-0.4, -0.2) is 49.8 Å². The van der Waals surface area contributed by atoms with Crippen LogP contribution < -0.4 is 0 Å². The van der Waals surface area contributed by atoms with E-state index < -0.39 is 6.10 Å². The van der Waals surface area contributed by atoms with Crippen LogP contribution in [0, 0.1) is 0 Å². The van der Waals surface area contributed by atoms with Gasteiger partial charge in [-0.25, -0.2) is 4.98 Å². The van der Waals surface area contributed by atoms with Crippen molar-refractivity contribution in [2.24, 2.45) is 0 Å². The molecule has 128 valence electrons. The number of H-pyrrole nitrogens is 1. The fourth-order valence-electron chi connectivity index (χ4n) is 2.68. The number of aromatic nitrogens is 3. The highest BCUT2D eigenvalue weighted by Crippen LogP contribution is 2.38. The van der Waals surface area contributed by atoms with E-state index in [1.165, 1.54) is 12.8 Å². The van der Waals surface area contributed by atoms with Gasteiger partial charge in [-0.15, -0.1) is 0 Å². The van der Waals surface area contributed by atoms with Crippen LogP contribution in [0.15, 0.2) is 24.3 Å². The molecule has 2 N–H and O–H groups in total. The number of hydrogen-bond donors (Lipinski definition) is 2. The Morgan fingerprint density at radius 3 is 2.50 bits per heavy atom. The second-order valence-corrected chi connectivity index (χ2v) is 6.80. The summed E-state index contributed by atoms with van der Waals surface area (Å²) in [5.41, 5.74) is 1.49. The van der Waals surface area contributed by atoms with Gasteiger partial charge in [-0.1, -0.05) is 12.1 Å². The van der Waals surface area contributed by atoms with Crippen molar-refractivity contribution in [2.45, 2.75) is 51.7 Å². The predicted octanol–water partition coefficient (Wildman–Crippen LogP) is 2.58. The summed E-state index contributed by atoms with van der Waals surface area (Å²) in [6, 6.07) is 7.35. The standard InChI is InChI=1S/C18H24N4O2/c1-11(2)22(10-12(3)23)18(24)15-8-6-14(7-9-15)17-19-16(20-21-17)13-4-5-13/h6-9,11-13,23H,4-5,10H2,1-3H3,(H,19,20,21). The highest BCUT2D eigenvalue weighted by molar-refractivity contribution is 5.94. The van der Waals surface area contributed by atoms with E-state index >= 15 is 0 Å². The molecule has 0 aliphatic heterocycles. The van der Waals surface area contributed by atoms with Gasteiger partial charge >= 0.3 is 0 Å². The van der Waals surface area contributed by atoms with Crippen molar-refractivity contribution < 1.29 is 9.90 Å². The van der Waals surface area contributed by atoms with E-state index in [0.717, 1.165) is 11.4 Å². The second-order valence-electron chi connectivity index (χ2n) is 6.80. The smallest absolute Gasteiger partial charge is 0.254 e. The van der Waals surface area contributed by atoms with Crippen LogP contribution in [0.4, 0.5) is 0 Å². The molecule has 6 nitrogen and oxygen atoms in total. The average molecular weight is 328 g/mol. The summed E-state index contributed by atoms with van der Waals surface area (Å²) in [7, 11) is 0. The van der Waals surface area contributed by atoms with Crippen molar-refractivity contribution in [3.8, 4) is 11.4 Å². The maximum absolute atomic E-state index is 12.6. The fourth-order valence-corrected chi connectivity index (χ4v) is 2.68. The molecular weight excluding hydrogens is 304 g/mol. The molecular formula is C18H24N4O2. The predicted molar refractivity (Wildman–Crippen MR) is 91.6 cm³/mol. The van der Waals surface area contributed by atoms with E-state index in [9.17, 15) is 9.90 Å². The highest BCUT2D eigenvalue weighted by Gasteiger charge is 2.27. The SMILES string of the molecule is CC(O)CN(C(=O)c1ccc(-c2n[nH]c(C3CC3)n2)cc1)C(C)C. The van der Waals surface area contributed by atoms with Crippen LogP contribution in [0.2, 0.25) is 0 Å². The second kappa shape index (κ2) is 6.73. The number of aromatic amines is 1. The van der Waals surface area contributed by atoms with E-state index in [1.54, 1.807) is 24.0 Å². The van der Waals surface area contributed by atoms with Gasteiger partial charge in [-0.05, 0) is 45.7 Å². The Hall–Kier alpha value is -2.21. The maximum Gasteiger partial charge on any atom is 0.254 e. The lowest BCUT2D eigenvalue weighted by molar-refractivity contribution is 0.0579. The molecule has 1 aliphatic rings. The van der Waals surface area contributed by atoms with Gasteiger partial charge in [0.2, 0.25) is 0 Å². The van der Waals surface area contributed by atoms with Gasteiger partial charge < -0.3 is 10.0 Å². The molecule has 6 heteroatoms. The molecule has 0 bridgehead atoms. The van der Waals surface area contributed by atoms with Gasteiger partial charge in [0.1, 0.15) is 5.82 Å². The van der Waals surface area contributed by atoms with E-state index in [1.807, 2.05) is 26.0 Å². The topological polar surface area (TPSA) is 82.1 Å². The number of aliphatic hydroxyl groups is 1. The van der Waals surface area contributed by atoms with Crippen LogP contribution >= 0.6 is 0 Å². The van der Waals surface area contributed by atoms with Gasteiger partial charge in [0.25, 0.3) is 5.91 Å². The van der Waals surface area contributed by atoms with Crippen LogP contribution in [0.25, 0.3) is 11.4 Å². The average Bonchev–Trinajstić information content (AvgIpc) is 3.29. The van der Waals surface area contributed by atoms with Gasteiger partial charge in [0.05, 0.1) is 6.10 Å². The Bertz CT molecular complexity index is 702. The van der Waals surface area contributed by atoms with Crippen LogP contribution in [0.1, 0.15) is 55.7 Å². The Balaban J connectivity index is 1.76. The highest BCUT2D eigenvalue weighted by atomic mass is 16.3. The molecule has 1 unspecified atom stereocenters. The van der Waals surface area contributed by atoms with Crippen LogP contribution in [0.5, 0.6) is 0 Å². The summed E-state index contributed by atoms with van der Waals surface area (Å²) < 4.78 is 0. The van der Waals surface area contributed by atoms with Crippen molar-refractivity contribution >= 4 is 5.91 Å². The minimum atomic E-state index is -0.551. The fraction of sp³-hybridized carbons (Fsp3) is 0.500. The molecule has 1 fully saturated rings. The molecule has 1 heterocycles. The number of nitrogens with one attached hydrogen (secondary N) is 1. The lowest BCUT2D eigenvalue weighted by Gasteiger charge is -2.28. The molecule has 1 aromatic carbocycles. The van der Waals surface area contributed by atoms with E-state index in [-0.39, 0.29) is 11.9 Å². The third-order valence-corrected chi connectivity index (χ3v) is 4.20. The van der Waals surface area contributed by atoms with E-state index in [2.05, 4.69) is 15.2 Å². The summed E-state index contributed by atoms with van der Waals surface area (Å²) in [6.07, 6.45) is 1.80. The molecule has 1 amide bonds. The van der Waals surface area contributed by atoms with Crippen LogP contribution in [0.3, 0.4) is 0 Å². The summed E-state index contributed by atoms with van der Waals surface area (Å²) in [5.74, 6) is 2.08. The number of aliphatic hydroxyl groups excluding tert-OH is 1. The largest absolute Gasteiger partial charge is 0.392 e. The molecule has 3 rings (SSSR count). The first kappa shape index (κ1) is 16.6. The zero-order valence-corrected chi connectivity index (χ0v) is 14.4. The minimum absolute atomic E-state index is 0.0286. The van der Waals surface area contributed by atoms with E-state index in [0.29, 0.717) is 23.9 Å². The Morgan fingerprint density at radius 1 is 1.29 bits per heavy atom. The molecule has 1 atom stereocenters. The number of benzene rings is 1. The molecule has 1 aromatic heterocycles. The number of carbonyl (C=O) groups excluding carboxylic acids is 1. The summed E-state index contributed by atoms with van der Waals surface area (Å²) in [5, 5.41) is 16.9. The third kappa shape index (κ3) is 3.64. The van der Waals surface area contributed by atoms with Gasteiger partial charge in [-0.3, -0.25) is 9.89 Å². The van der Waals surface area contributed by atoms with Gasteiger partial charge in [-0.2, -0.15) is 5.10 Å². The zero-order chi connectivity index (χ0) is 17.3. The lowest BCUT2D eigenvalue weighted by Crippen LogP contribution is -2.41. The monoisotopic (exact) mass is 328 g/mol. The number of rotatable bonds is 6. The van der Waals surface area contributed by atoms with Crippen molar-refractivity contribution in [3.63, 3.8) is 0 Å². The van der Waals surface area contributed by atoms with Crippen molar-refractivity contribution in [3.05, 3.63) is 35.7 Å². The Morgan fingerprint density at radius 2 is 1.96 bits per heavy atom. The quantitative estimate of drug-likeness (QED) is 0.854. The first-order valence-electron chi connectivity index (χ1n) is 8.47.